The van der Waals surface area contributed by atoms with Crippen molar-refractivity contribution in [2.75, 3.05) is 26.9 Å². The van der Waals surface area contributed by atoms with Gasteiger partial charge in [0.05, 0.1) is 6.61 Å². The zero-order valence-corrected chi connectivity index (χ0v) is 14.0. The number of nitrogens with one attached hydrogen (secondary N) is 1. The molecule has 0 saturated heterocycles. The van der Waals surface area contributed by atoms with Crippen molar-refractivity contribution in [1.29, 1.82) is 0 Å². The topological polar surface area (TPSA) is 30.5 Å². The van der Waals surface area contributed by atoms with E-state index in [4.69, 9.17) is 9.47 Å². The molecule has 120 valence electrons. The Kier molecular flexibility index (Phi) is 9.11. The fourth-order valence-electron chi connectivity index (χ4n) is 2.20. The molecule has 0 amide bonds. The third kappa shape index (κ3) is 6.96. The van der Waals surface area contributed by atoms with E-state index < -0.39 is 0 Å². The van der Waals surface area contributed by atoms with Crippen molar-refractivity contribution in [3.8, 4) is 5.75 Å². The Morgan fingerprint density at radius 1 is 1.14 bits per heavy atom. The van der Waals surface area contributed by atoms with E-state index in [0.717, 1.165) is 38.3 Å². The second-order valence-electron chi connectivity index (χ2n) is 5.64. The Bertz CT molecular complexity index is 364. The van der Waals surface area contributed by atoms with Gasteiger partial charge in [0.25, 0.3) is 0 Å². The fraction of sp³-hybridized carbons (Fsp3) is 0.667. The van der Waals surface area contributed by atoms with Gasteiger partial charge in [-0.2, -0.15) is 0 Å². The molecule has 0 aliphatic heterocycles. The number of benzene rings is 1. The summed E-state index contributed by atoms with van der Waals surface area (Å²) in [6.07, 6.45) is 3.27. The third-order valence-electron chi connectivity index (χ3n) is 3.94. The predicted octanol–water partition coefficient (Wildman–Crippen LogP) is 3.67. The van der Waals surface area contributed by atoms with Crippen LogP contribution in [0.5, 0.6) is 5.75 Å². The lowest BCUT2D eigenvalue weighted by atomic mass is 10.00. The van der Waals surface area contributed by atoms with Crippen LogP contribution in [0.4, 0.5) is 0 Å². The van der Waals surface area contributed by atoms with E-state index in [-0.39, 0.29) is 0 Å². The predicted molar refractivity (Wildman–Crippen MR) is 89.1 cm³/mol. The molecule has 0 saturated carbocycles. The van der Waals surface area contributed by atoms with Gasteiger partial charge < -0.3 is 14.8 Å². The Morgan fingerprint density at radius 2 is 1.86 bits per heavy atom. The molecule has 0 aliphatic rings. The molecule has 2 unspecified atom stereocenters. The molecule has 0 bridgehead atoms. The van der Waals surface area contributed by atoms with Gasteiger partial charge in [0.15, 0.2) is 0 Å². The zero-order chi connectivity index (χ0) is 15.5. The van der Waals surface area contributed by atoms with Crippen molar-refractivity contribution < 1.29 is 9.47 Å². The molecule has 1 aromatic rings. The van der Waals surface area contributed by atoms with Crippen molar-refractivity contribution in [1.82, 2.24) is 5.32 Å². The monoisotopic (exact) mass is 293 g/mol. The van der Waals surface area contributed by atoms with E-state index in [1.807, 2.05) is 0 Å². The van der Waals surface area contributed by atoms with E-state index in [1.54, 1.807) is 7.11 Å². The smallest absolute Gasteiger partial charge is 0.119 e. The lowest BCUT2D eigenvalue weighted by molar-refractivity contribution is 0.202. The highest BCUT2D eigenvalue weighted by Gasteiger charge is 2.15. The second kappa shape index (κ2) is 10.6. The van der Waals surface area contributed by atoms with Crippen molar-refractivity contribution in [2.24, 2.45) is 5.92 Å². The molecule has 21 heavy (non-hydrogen) atoms. The van der Waals surface area contributed by atoms with Crippen LogP contribution in [0.1, 0.15) is 39.2 Å². The largest absolute Gasteiger partial charge is 0.492 e. The number of rotatable bonds is 11. The minimum Gasteiger partial charge on any atom is -0.492 e. The van der Waals surface area contributed by atoms with Crippen LogP contribution in [0.25, 0.3) is 0 Å². The molecular weight excluding hydrogens is 262 g/mol. The minimum absolute atomic E-state index is 0.420. The molecule has 1 aromatic carbocycles. The molecule has 0 aliphatic carbocycles. The van der Waals surface area contributed by atoms with Crippen LogP contribution in [0.15, 0.2) is 24.3 Å². The van der Waals surface area contributed by atoms with Crippen molar-refractivity contribution in [3.63, 3.8) is 0 Å². The number of ether oxygens (including phenoxy) is 2. The molecular formula is C18H31NO2. The summed E-state index contributed by atoms with van der Waals surface area (Å²) in [6, 6.07) is 8.76. The number of hydrogen-bond donors (Lipinski definition) is 1. The fourth-order valence-corrected chi connectivity index (χ4v) is 2.20. The minimum atomic E-state index is 0.420. The third-order valence-corrected chi connectivity index (χ3v) is 3.94. The van der Waals surface area contributed by atoms with Gasteiger partial charge in [0, 0.05) is 13.2 Å². The normalized spacial score (nSPS) is 13.9. The zero-order valence-electron chi connectivity index (χ0n) is 14.0. The molecule has 0 heterocycles. The van der Waals surface area contributed by atoms with Gasteiger partial charge in [-0.15, -0.1) is 0 Å². The first-order valence-electron chi connectivity index (χ1n) is 8.15. The summed E-state index contributed by atoms with van der Waals surface area (Å²) in [5.41, 5.74) is 1.28. The summed E-state index contributed by atoms with van der Waals surface area (Å²) < 4.78 is 11.0. The average molecular weight is 293 g/mol. The van der Waals surface area contributed by atoms with Crippen molar-refractivity contribution >= 4 is 0 Å². The lowest BCUT2D eigenvalue weighted by Crippen LogP contribution is -2.40. The highest BCUT2D eigenvalue weighted by molar-refractivity contribution is 5.27. The molecule has 1 N–H and O–H groups in total. The van der Waals surface area contributed by atoms with Crippen LogP contribution in [0.3, 0.4) is 0 Å². The first-order valence-corrected chi connectivity index (χ1v) is 8.15. The van der Waals surface area contributed by atoms with Crippen LogP contribution in [0.2, 0.25) is 0 Å². The van der Waals surface area contributed by atoms with Gasteiger partial charge in [0.2, 0.25) is 0 Å². The Labute approximate surface area is 130 Å². The van der Waals surface area contributed by atoms with E-state index in [9.17, 15) is 0 Å². The second-order valence-corrected chi connectivity index (χ2v) is 5.64. The van der Waals surface area contributed by atoms with E-state index >= 15 is 0 Å². The molecule has 0 radical (unpaired) electrons. The first-order chi connectivity index (χ1) is 10.2. The Balaban J connectivity index is 2.46. The molecule has 0 fully saturated rings. The molecule has 2 atom stereocenters. The summed E-state index contributed by atoms with van der Waals surface area (Å²) in [6.45, 7) is 9.25. The quantitative estimate of drug-likeness (QED) is 0.675. The van der Waals surface area contributed by atoms with Crippen LogP contribution >= 0.6 is 0 Å². The van der Waals surface area contributed by atoms with Gasteiger partial charge in [-0.05, 0) is 43.0 Å². The SMILES string of the molecule is CCCNC(COc1ccc(CCOC)cc1)C(C)CC. The highest BCUT2D eigenvalue weighted by Crippen LogP contribution is 2.15. The van der Waals surface area contributed by atoms with Gasteiger partial charge >= 0.3 is 0 Å². The van der Waals surface area contributed by atoms with Crippen molar-refractivity contribution in [2.45, 2.75) is 46.1 Å². The molecule has 3 nitrogen and oxygen atoms in total. The van der Waals surface area contributed by atoms with Crippen LogP contribution in [0, 0.1) is 5.92 Å². The summed E-state index contributed by atoms with van der Waals surface area (Å²) in [4.78, 5) is 0. The first kappa shape index (κ1) is 18.0. The number of hydrogen-bond acceptors (Lipinski definition) is 3. The maximum atomic E-state index is 5.95. The van der Waals surface area contributed by atoms with Crippen molar-refractivity contribution in [3.05, 3.63) is 29.8 Å². The summed E-state index contributed by atoms with van der Waals surface area (Å²) in [5.74, 6) is 1.57. The molecule has 1 rings (SSSR count). The van der Waals surface area contributed by atoms with Gasteiger partial charge in [-0.25, -0.2) is 0 Å². The summed E-state index contributed by atoms with van der Waals surface area (Å²) in [5, 5.41) is 3.59. The molecule has 0 aromatic heterocycles. The highest BCUT2D eigenvalue weighted by atomic mass is 16.5. The molecule has 0 spiro atoms. The number of methoxy groups -OCH3 is 1. The van der Waals surface area contributed by atoms with Gasteiger partial charge in [-0.3, -0.25) is 0 Å². The maximum absolute atomic E-state index is 5.95. The average Bonchev–Trinajstić information content (AvgIpc) is 2.53. The summed E-state index contributed by atoms with van der Waals surface area (Å²) in [7, 11) is 1.73. The maximum Gasteiger partial charge on any atom is 0.119 e. The van der Waals surface area contributed by atoms with Gasteiger partial charge in [-0.1, -0.05) is 39.3 Å². The van der Waals surface area contributed by atoms with E-state index in [1.165, 1.54) is 12.0 Å². The van der Waals surface area contributed by atoms with Gasteiger partial charge in [0.1, 0.15) is 12.4 Å². The Morgan fingerprint density at radius 3 is 2.43 bits per heavy atom. The molecule has 3 heteroatoms. The van der Waals surface area contributed by atoms with E-state index in [2.05, 4.69) is 50.4 Å². The van der Waals surface area contributed by atoms with Crippen LogP contribution in [-0.2, 0) is 11.2 Å². The summed E-state index contributed by atoms with van der Waals surface area (Å²) >= 11 is 0. The Hall–Kier alpha value is -1.06. The van der Waals surface area contributed by atoms with Crippen LogP contribution in [-0.4, -0.2) is 32.9 Å². The van der Waals surface area contributed by atoms with E-state index in [0.29, 0.717) is 12.0 Å². The van der Waals surface area contributed by atoms with Crippen LogP contribution < -0.4 is 10.1 Å². The standard InChI is InChI=1S/C18H31NO2/c1-5-12-19-18(15(3)6-2)14-21-17-9-7-16(8-10-17)11-13-20-4/h7-10,15,18-19H,5-6,11-14H2,1-4H3. The lowest BCUT2D eigenvalue weighted by Gasteiger charge is -2.24.